The van der Waals surface area contributed by atoms with E-state index in [2.05, 4.69) is 31.2 Å². The van der Waals surface area contributed by atoms with Gasteiger partial charge in [-0.25, -0.2) is 9.97 Å². The van der Waals surface area contributed by atoms with Crippen LogP contribution in [0.2, 0.25) is 5.02 Å². The number of rotatable bonds is 4. The summed E-state index contributed by atoms with van der Waals surface area (Å²) in [4.78, 5) is 28.2. The number of thiazole rings is 1. The van der Waals surface area contributed by atoms with Crippen LogP contribution in [0.25, 0.3) is 0 Å². The summed E-state index contributed by atoms with van der Waals surface area (Å²) < 4.78 is 0. The van der Waals surface area contributed by atoms with Gasteiger partial charge in [-0.05, 0) is 17.7 Å². The van der Waals surface area contributed by atoms with Crippen molar-refractivity contribution in [2.45, 2.75) is 19.5 Å². The van der Waals surface area contributed by atoms with Gasteiger partial charge in [0, 0.05) is 48.3 Å². The van der Waals surface area contributed by atoms with Gasteiger partial charge in [-0.2, -0.15) is 0 Å². The third-order valence-corrected chi connectivity index (χ3v) is 5.35. The number of carbonyl (C=O) groups excluding carboxylic acids is 1. The van der Waals surface area contributed by atoms with E-state index in [-0.39, 0.29) is 11.6 Å². The fourth-order valence-electron chi connectivity index (χ4n) is 2.91. The van der Waals surface area contributed by atoms with Crippen molar-refractivity contribution in [1.82, 2.24) is 19.9 Å². The Morgan fingerprint density at radius 1 is 1.35 bits per heavy atom. The average molecular weight is 386 g/mol. The molecule has 0 radical (unpaired) electrons. The number of halogens is 1. The second-order valence-electron chi connectivity index (χ2n) is 6.02. The third kappa shape index (κ3) is 3.90. The van der Waals surface area contributed by atoms with Crippen LogP contribution in [0.3, 0.4) is 0 Å². The molecule has 2 aromatic heterocycles. The number of anilines is 1. The first-order valence-corrected chi connectivity index (χ1v) is 9.39. The molecule has 0 unspecified atom stereocenters. The van der Waals surface area contributed by atoms with Crippen LogP contribution < -0.4 is 5.32 Å². The number of hydrogen-bond acceptors (Lipinski definition) is 6. The number of nitrogens with zero attached hydrogens (tertiary/aromatic N) is 4. The van der Waals surface area contributed by atoms with E-state index in [1.54, 1.807) is 0 Å². The molecule has 0 saturated carbocycles. The van der Waals surface area contributed by atoms with E-state index in [9.17, 15) is 4.79 Å². The molecule has 6 nitrogen and oxygen atoms in total. The van der Waals surface area contributed by atoms with Gasteiger partial charge in [0.15, 0.2) is 5.13 Å². The Balaban J connectivity index is 1.43. The number of amides is 1. The fourth-order valence-corrected chi connectivity index (χ4v) is 4.17. The molecule has 3 aromatic rings. The summed E-state index contributed by atoms with van der Waals surface area (Å²) >= 11 is 7.59. The first-order chi connectivity index (χ1) is 12.7. The molecule has 0 atom stereocenters. The summed E-state index contributed by atoms with van der Waals surface area (Å²) in [5.41, 5.74) is 2.54. The molecule has 0 saturated heterocycles. The van der Waals surface area contributed by atoms with E-state index in [0.29, 0.717) is 5.13 Å². The maximum Gasteiger partial charge on any atom is 0.277 e. The van der Waals surface area contributed by atoms with Gasteiger partial charge in [0.25, 0.3) is 5.91 Å². The molecule has 0 fully saturated rings. The van der Waals surface area contributed by atoms with E-state index in [0.717, 1.165) is 36.8 Å². The number of fused-ring (bicyclic) bond motifs is 1. The monoisotopic (exact) mass is 385 g/mol. The minimum absolute atomic E-state index is 0.281. The van der Waals surface area contributed by atoms with Crippen LogP contribution in [0.4, 0.5) is 5.13 Å². The van der Waals surface area contributed by atoms with Crippen LogP contribution in [0.15, 0.2) is 42.9 Å². The Hall–Kier alpha value is -2.35. The first kappa shape index (κ1) is 17.1. The molecule has 1 amide bonds. The zero-order chi connectivity index (χ0) is 17.9. The van der Waals surface area contributed by atoms with Crippen LogP contribution in [0.1, 0.15) is 26.6 Å². The van der Waals surface area contributed by atoms with Crippen LogP contribution in [0, 0.1) is 0 Å². The molecule has 4 rings (SSSR count). The highest BCUT2D eigenvalue weighted by molar-refractivity contribution is 7.15. The highest BCUT2D eigenvalue weighted by Gasteiger charge is 2.22. The van der Waals surface area contributed by atoms with Gasteiger partial charge in [-0.3, -0.25) is 20.0 Å². The average Bonchev–Trinajstić information content (AvgIpc) is 3.04. The molecule has 0 bridgehead atoms. The Morgan fingerprint density at radius 2 is 2.27 bits per heavy atom. The standard InChI is InChI=1S/C18H16ClN5OS/c19-13-3-1-2-12(8-13)10-24-7-4-14-16(11-24)26-18(22-14)23-17(25)15-9-20-5-6-21-15/h1-3,5-6,8-9H,4,7,10-11H2,(H,22,23,25). The molecule has 1 N–H and O–H groups in total. The number of aromatic nitrogens is 3. The Bertz CT molecular complexity index is 930. The molecular formula is C18H16ClN5OS. The molecular weight excluding hydrogens is 370 g/mol. The zero-order valence-corrected chi connectivity index (χ0v) is 15.4. The van der Waals surface area contributed by atoms with Gasteiger partial charge in [0.2, 0.25) is 0 Å². The SMILES string of the molecule is O=C(Nc1nc2c(s1)CN(Cc1cccc(Cl)c1)CC2)c1cnccn1. The Morgan fingerprint density at radius 3 is 3.08 bits per heavy atom. The van der Waals surface area contributed by atoms with Crippen LogP contribution in [-0.2, 0) is 19.5 Å². The molecule has 1 aliphatic heterocycles. The third-order valence-electron chi connectivity index (χ3n) is 4.12. The van der Waals surface area contributed by atoms with E-state index < -0.39 is 0 Å². The molecule has 1 aromatic carbocycles. The van der Waals surface area contributed by atoms with Crippen molar-refractivity contribution < 1.29 is 4.79 Å². The topological polar surface area (TPSA) is 71.0 Å². The van der Waals surface area contributed by atoms with E-state index >= 15 is 0 Å². The molecule has 0 spiro atoms. The van der Waals surface area contributed by atoms with Crippen molar-refractivity contribution in [3.8, 4) is 0 Å². The lowest BCUT2D eigenvalue weighted by Gasteiger charge is -2.25. The fraction of sp³-hybridized carbons (Fsp3) is 0.222. The summed E-state index contributed by atoms with van der Waals surface area (Å²) in [6.07, 6.45) is 5.34. The minimum Gasteiger partial charge on any atom is -0.296 e. The lowest BCUT2D eigenvalue weighted by molar-refractivity contribution is 0.102. The van der Waals surface area contributed by atoms with Crippen molar-refractivity contribution in [2.24, 2.45) is 0 Å². The largest absolute Gasteiger partial charge is 0.296 e. The predicted molar refractivity (Wildman–Crippen MR) is 101 cm³/mol. The highest BCUT2D eigenvalue weighted by Crippen LogP contribution is 2.29. The van der Waals surface area contributed by atoms with E-state index in [4.69, 9.17) is 11.6 Å². The smallest absolute Gasteiger partial charge is 0.277 e. The molecule has 26 heavy (non-hydrogen) atoms. The van der Waals surface area contributed by atoms with Crippen molar-refractivity contribution in [3.63, 3.8) is 0 Å². The zero-order valence-electron chi connectivity index (χ0n) is 13.9. The molecule has 8 heteroatoms. The predicted octanol–water partition coefficient (Wildman–Crippen LogP) is 3.40. The molecule has 132 valence electrons. The van der Waals surface area contributed by atoms with Gasteiger partial charge >= 0.3 is 0 Å². The summed E-state index contributed by atoms with van der Waals surface area (Å²) in [6.45, 7) is 2.60. The molecule has 3 heterocycles. The number of benzene rings is 1. The van der Waals surface area contributed by atoms with Gasteiger partial charge in [-0.15, -0.1) is 11.3 Å². The van der Waals surface area contributed by atoms with E-state index in [1.807, 2.05) is 18.2 Å². The number of hydrogen-bond donors (Lipinski definition) is 1. The van der Waals surface area contributed by atoms with Crippen molar-refractivity contribution in [2.75, 3.05) is 11.9 Å². The highest BCUT2D eigenvalue weighted by atomic mass is 35.5. The quantitative estimate of drug-likeness (QED) is 0.745. The maximum absolute atomic E-state index is 12.2. The van der Waals surface area contributed by atoms with Crippen molar-refractivity contribution in [1.29, 1.82) is 0 Å². The number of carbonyl (C=O) groups is 1. The van der Waals surface area contributed by atoms with Crippen LogP contribution in [-0.4, -0.2) is 32.3 Å². The summed E-state index contributed by atoms with van der Waals surface area (Å²) in [5, 5.41) is 4.18. The maximum atomic E-state index is 12.2. The van der Waals surface area contributed by atoms with Gasteiger partial charge in [-0.1, -0.05) is 23.7 Å². The van der Waals surface area contributed by atoms with Crippen molar-refractivity contribution in [3.05, 3.63) is 69.7 Å². The van der Waals surface area contributed by atoms with Gasteiger partial charge in [0.05, 0.1) is 11.9 Å². The summed E-state index contributed by atoms with van der Waals surface area (Å²) in [5.74, 6) is -0.292. The molecule has 1 aliphatic rings. The normalized spacial score (nSPS) is 14.0. The van der Waals surface area contributed by atoms with E-state index in [1.165, 1.54) is 40.4 Å². The van der Waals surface area contributed by atoms with Crippen LogP contribution >= 0.6 is 22.9 Å². The lowest BCUT2D eigenvalue weighted by Crippen LogP contribution is -2.29. The first-order valence-electron chi connectivity index (χ1n) is 8.20. The van der Waals surface area contributed by atoms with Crippen LogP contribution in [0.5, 0.6) is 0 Å². The Labute approximate surface area is 159 Å². The minimum atomic E-state index is -0.292. The second-order valence-corrected chi connectivity index (χ2v) is 7.54. The summed E-state index contributed by atoms with van der Waals surface area (Å²) in [6, 6.07) is 7.94. The summed E-state index contributed by atoms with van der Waals surface area (Å²) in [7, 11) is 0. The van der Waals surface area contributed by atoms with Crippen molar-refractivity contribution >= 4 is 34.0 Å². The lowest BCUT2D eigenvalue weighted by atomic mass is 10.1. The van der Waals surface area contributed by atoms with Gasteiger partial charge < -0.3 is 0 Å². The Kier molecular flexibility index (Phi) is 4.92. The van der Waals surface area contributed by atoms with Gasteiger partial charge in [0.1, 0.15) is 5.69 Å². The number of nitrogens with one attached hydrogen (secondary N) is 1. The molecule has 0 aliphatic carbocycles. The second kappa shape index (κ2) is 7.49.